The Kier molecular flexibility index (Phi) is 4.10. The van der Waals surface area contributed by atoms with E-state index in [-0.39, 0.29) is 5.69 Å². The maximum Gasteiger partial charge on any atom is 0.271 e. The molecule has 0 aliphatic carbocycles. The van der Waals surface area contributed by atoms with Crippen LogP contribution in [0.25, 0.3) is 5.69 Å². The minimum absolute atomic E-state index is 0.0399. The van der Waals surface area contributed by atoms with Gasteiger partial charge in [0.25, 0.3) is 5.69 Å². The number of likely N-dealkylation sites (tertiary alicyclic amines) is 1. The van der Waals surface area contributed by atoms with E-state index in [2.05, 4.69) is 22.4 Å². The van der Waals surface area contributed by atoms with Crippen molar-refractivity contribution in [3.05, 3.63) is 40.2 Å². The maximum atomic E-state index is 10.9. The van der Waals surface area contributed by atoms with Gasteiger partial charge in [-0.3, -0.25) is 10.1 Å². The van der Waals surface area contributed by atoms with Gasteiger partial charge in [0.2, 0.25) is 5.82 Å². The number of non-ortho nitro benzene ring substituents is 1. The summed E-state index contributed by atoms with van der Waals surface area (Å²) in [5.74, 6) is 1.53. The Labute approximate surface area is 127 Å². The molecule has 116 valence electrons. The summed E-state index contributed by atoms with van der Waals surface area (Å²) in [6.07, 6.45) is 2.43. The van der Waals surface area contributed by atoms with Gasteiger partial charge in [0, 0.05) is 12.1 Å². The molecule has 0 bridgehead atoms. The van der Waals surface area contributed by atoms with E-state index in [0.29, 0.717) is 5.69 Å². The smallest absolute Gasteiger partial charge is 0.271 e. The van der Waals surface area contributed by atoms with Crippen molar-refractivity contribution < 1.29 is 9.82 Å². The first-order valence-corrected chi connectivity index (χ1v) is 7.49. The van der Waals surface area contributed by atoms with Crippen molar-refractivity contribution >= 4 is 5.69 Å². The molecule has 1 aromatic heterocycles. The molecular formula is C14H19N6O2+. The topological polar surface area (TPSA) is 91.2 Å². The predicted molar refractivity (Wildman–Crippen MR) is 78.6 cm³/mol. The normalized spacial score (nSPS) is 21.7. The lowest BCUT2D eigenvalue weighted by Gasteiger charge is -2.26. The van der Waals surface area contributed by atoms with E-state index in [1.54, 1.807) is 16.8 Å². The molecule has 2 aromatic rings. The Bertz CT molecular complexity index is 663. The van der Waals surface area contributed by atoms with Gasteiger partial charge in [0.1, 0.15) is 6.54 Å². The molecule has 1 fully saturated rings. The third-order valence-corrected chi connectivity index (χ3v) is 4.21. The van der Waals surface area contributed by atoms with E-state index in [9.17, 15) is 10.1 Å². The highest BCUT2D eigenvalue weighted by atomic mass is 16.6. The summed E-state index contributed by atoms with van der Waals surface area (Å²) >= 11 is 0. The number of nitro benzene ring substituents is 1. The summed E-state index contributed by atoms with van der Waals surface area (Å²) in [4.78, 5) is 11.9. The molecule has 3 rings (SSSR count). The molecule has 0 unspecified atom stereocenters. The summed E-state index contributed by atoms with van der Waals surface area (Å²) in [7, 11) is 0. The summed E-state index contributed by atoms with van der Waals surface area (Å²) < 4.78 is 1.60. The maximum absolute atomic E-state index is 10.9. The zero-order chi connectivity index (χ0) is 15.5. The highest BCUT2D eigenvalue weighted by Crippen LogP contribution is 2.16. The Morgan fingerprint density at radius 1 is 1.41 bits per heavy atom. The number of quaternary nitrogens is 1. The van der Waals surface area contributed by atoms with Crippen LogP contribution in [0.1, 0.15) is 25.6 Å². The standard InChI is InChI=1S/C14H18N6O2/c1-11-5-7-18(8-6-11)10-14-15-16-17-19(14)12-3-2-4-13(9-12)20(21)22/h2-4,9,11H,5-8,10H2,1H3/p+1. The Hall–Kier alpha value is -2.35. The number of piperidine rings is 1. The van der Waals surface area contributed by atoms with E-state index in [1.807, 2.05) is 0 Å². The summed E-state index contributed by atoms with van der Waals surface area (Å²) in [5.41, 5.74) is 0.664. The van der Waals surface area contributed by atoms with Crippen LogP contribution < -0.4 is 4.90 Å². The molecule has 22 heavy (non-hydrogen) atoms. The van der Waals surface area contributed by atoms with E-state index in [1.165, 1.54) is 29.9 Å². The second-order valence-electron chi connectivity index (χ2n) is 5.89. The number of nitrogens with zero attached hydrogens (tertiary/aromatic N) is 5. The number of hydrogen-bond acceptors (Lipinski definition) is 5. The number of tetrazole rings is 1. The monoisotopic (exact) mass is 303 g/mol. The molecule has 8 heteroatoms. The van der Waals surface area contributed by atoms with E-state index < -0.39 is 4.92 Å². The van der Waals surface area contributed by atoms with Gasteiger partial charge >= 0.3 is 0 Å². The fraction of sp³-hybridized carbons (Fsp3) is 0.500. The molecule has 1 aliphatic rings. The van der Waals surface area contributed by atoms with Crippen LogP contribution in [0.5, 0.6) is 0 Å². The van der Waals surface area contributed by atoms with Gasteiger partial charge in [-0.25, -0.2) is 0 Å². The molecular weight excluding hydrogens is 284 g/mol. The Morgan fingerprint density at radius 2 is 2.18 bits per heavy atom. The van der Waals surface area contributed by atoms with Gasteiger partial charge in [-0.15, -0.1) is 5.10 Å². The number of nitrogens with one attached hydrogen (secondary N) is 1. The molecule has 0 radical (unpaired) electrons. The van der Waals surface area contributed by atoms with Crippen molar-refractivity contribution in [2.45, 2.75) is 26.3 Å². The molecule has 1 aromatic carbocycles. The Morgan fingerprint density at radius 3 is 2.91 bits per heavy atom. The minimum Gasteiger partial charge on any atom is -0.328 e. The number of aromatic nitrogens is 4. The molecule has 1 N–H and O–H groups in total. The van der Waals surface area contributed by atoms with Crippen LogP contribution in [0, 0.1) is 16.0 Å². The molecule has 1 saturated heterocycles. The lowest BCUT2D eigenvalue weighted by atomic mass is 9.99. The summed E-state index contributed by atoms with van der Waals surface area (Å²) in [5, 5.41) is 22.7. The van der Waals surface area contributed by atoms with Gasteiger partial charge in [-0.1, -0.05) is 13.0 Å². The number of rotatable bonds is 4. The molecule has 0 spiro atoms. The molecule has 2 heterocycles. The largest absolute Gasteiger partial charge is 0.328 e. The highest BCUT2D eigenvalue weighted by Gasteiger charge is 2.22. The van der Waals surface area contributed by atoms with Crippen LogP contribution in [0.3, 0.4) is 0 Å². The van der Waals surface area contributed by atoms with Gasteiger partial charge in [-0.2, -0.15) is 4.68 Å². The summed E-state index contributed by atoms with van der Waals surface area (Å²) in [6, 6.07) is 6.38. The number of nitro groups is 1. The van der Waals surface area contributed by atoms with E-state index >= 15 is 0 Å². The predicted octanol–water partition coefficient (Wildman–Crippen LogP) is 0.385. The minimum atomic E-state index is -0.412. The van der Waals surface area contributed by atoms with Gasteiger partial charge in [0.05, 0.1) is 23.7 Å². The van der Waals surface area contributed by atoms with Crippen LogP contribution in [0.15, 0.2) is 24.3 Å². The molecule has 0 atom stereocenters. The van der Waals surface area contributed by atoms with E-state index in [4.69, 9.17) is 0 Å². The van der Waals surface area contributed by atoms with Crippen LogP contribution in [0.2, 0.25) is 0 Å². The molecule has 0 saturated carbocycles. The third-order valence-electron chi connectivity index (χ3n) is 4.21. The highest BCUT2D eigenvalue weighted by molar-refractivity contribution is 5.42. The summed E-state index contributed by atoms with van der Waals surface area (Å²) in [6.45, 7) is 5.25. The SMILES string of the molecule is CC1CC[NH+](Cc2nnnn2-c2cccc([N+](=O)[O-])c2)CC1. The van der Waals surface area contributed by atoms with Crippen molar-refractivity contribution in [1.82, 2.24) is 20.2 Å². The van der Waals surface area contributed by atoms with Gasteiger partial charge < -0.3 is 4.90 Å². The lowest BCUT2D eigenvalue weighted by Crippen LogP contribution is -3.11. The van der Waals surface area contributed by atoms with Gasteiger partial charge in [-0.05, 0) is 35.3 Å². The first-order valence-electron chi connectivity index (χ1n) is 7.49. The van der Waals surface area contributed by atoms with Crippen LogP contribution in [-0.4, -0.2) is 38.2 Å². The quantitative estimate of drug-likeness (QED) is 0.651. The van der Waals surface area contributed by atoms with E-state index in [0.717, 1.165) is 31.4 Å². The average Bonchev–Trinajstić information content (AvgIpc) is 2.98. The van der Waals surface area contributed by atoms with Crippen molar-refractivity contribution in [2.24, 2.45) is 5.92 Å². The van der Waals surface area contributed by atoms with Crippen LogP contribution in [0.4, 0.5) is 5.69 Å². The fourth-order valence-corrected chi connectivity index (χ4v) is 2.83. The average molecular weight is 303 g/mol. The van der Waals surface area contributed by atoms with Crippen molar-refractivity contribution in [3.63, 3.8) is 0 Å². The van der Waals surface area contributed by atoms with Crippen molar-refractivity contribution in [1.29, 1.82) is 0 Å². The first kappa shape index (κ1) is 14.6. The second kappa shape index (κ2) is 6.18. The van der Waals surface area contributed by atoms with Crippen molar-refractivity contribution in [3.8, 4) is 5.69 Å². The van der Waals surface area contributed by atoms with Crippen molar-refractivity contribution in [2.75, 3.05) is 13.1 Å². The zero-order valence-electron chi connectivity index (χ0n) is 12.5. The van der Waals surface area contributed by atoms with Gasteiger partial charge in [0.15, 0.2) is 0 Å². The molecule has 8 nitrogen and oxygen atoms in total. The second-order valence-corrected chi connectivity index (χ2v) is 5.89. The number of benzene rings is 1. The third kappa shape index (κ3) is 3.11. The molecule has 0 amide bonds. The van der Waals surface area contributed by atoms with Crippen LogP contribution >= 0.6 is 0 Å². The zero-order valence-corrected chi connectivity index (χ0v) is 12.5. The van der Waals surface area contributed by atoms with Crippen LogP contribution in [-0.2, 0) is 6.54 Å². The lowest BCUT2D eigenvalue weighted by molar-refractivity contribution is -0.920. The molecule has 1 aliphatic heterocycles. The fourth-order valence-electron chi connectivity index (χ4n) is 2.83. The first-order chi connectivity index (χ1) is 10.6. The Balaban J connectivity index is 1.80. The number of hydrogen-bond donors (Lipinski definition) is 1.